The molecule has 0 saturated heterocycles. The quantitative estimate of drug-likeness (QED) is 0.458. The Hall–Kier alpha value is -3.76. The van der Waals surface area contributed by atoms with Gasteiger partial charge in [0, 0.05) is 17.5 Å². The number of Topliss-reactive ketones (excluding diaryl/α,β-unsaturated/α-hetero) is 1. The van der Waals surface area contributed by atoms with E-state index in [2.05, 4.69) is 16.6 Å². The van der Waals surface area contributed by atoms with Crippen molar-refractivity contribution in [3.63, 3.8) is 0 Å². The molecule has 0 spiro atoms. The zero-order chi connectivity index (χ0) is 22.7. The van der Waals surface area contributed by atoms with Crippen molar-refractivity contribution in [1.29, 1.82) is 0 Å². The summed E-state index contributed by atoms with van der Waals surface area (Å²) in [5.74, 6) is 4.38. The highest BCUT2D eigenvalue weighted by Crippen LogP contribution is 2.29. The van der Waals surface area contributed by atoms with E-state index in [0.29, 0.717) is 23.2 Å². The molecule has 0 aliphatic carbocycles. The fourth-order valence-electron chi connectivity index (χ4n) is 3.13. The molecular weight excluding hydrogens is 432 g/mol. The van der Waals surface area contributed by atoms with Gasteiger partial charge in [0.25, 0.3) is 0 Å². The fraction of sp³-hybridized carbons (Fsp3) is 0.0800. The van der Waals surface area contributed by atoms with Crippen LogP contribution in [0.15, 0.2) is 65.6 Å². The molecule has 3 aromatic carbocycles. The first-order valence-electron chi connectivity index (χ1n) is 9.60. The highest BCUT2D eigenvalue weighted by atomic mass is 32.2. The van der Waals surface area contributed by atoms with E-state index in [1.807, 2.05) is 24.3 Å². The third-order valence-electron chi connectivity index (χ3n) is 4.82. The zero-order valence-corrected chi connectivity index (χ0v) is 17.8. The summed E-state index contributed by atoms with van der Waals surface area (Å²) in [7, 11) is -0.216. The van der Waals surface area contributed by atoms with Gasteiger partial charge in [0.2, 0.25) is 5.78 Å². The van der Waals surface area contributed by atoms with Gasteiger partial charge in [-0.1, -0.05) is 30.0 Å². The van der Waals surface area contributed by atoms with E-state index in [9.17, 15) is 17.8 Å². The van der Waals surface area contributed by atoms with Gasteiger partial charge in [-0.25, -0.2) is 13.0 Å². The predicted octanol–water partition coefficient (Wildman–Crippen LogP) is 4.88. The van der Waals surface area contributed by atoms with Gasteiger partial charge in [-0.05, 0) is 59.7 Å². The Morgan fingerprint density at radius 1 is 1.03 bits per heavy atom. The van der Waals surface area contributed by atoms with Crippen LogP contribution in [-0.2, 0) is 17.4 Å². The van der Waals surface area contributed by atoms with Gasteiger partial charge < -0.3 is 9.46 Å². The minimum absolute atomic E-state index is 0.0492. The molecule has 0 amide bonds. The van der Waals surface area contributed by atoms with Gasteiger partial charge in [-0.3, -0.25) is 4.79 Å². The number of ether oxygens (including phenoxy) is 1. The van der Waals surface area contributed by atoms with Crippen LogP contribution in [0.3, 0.4) is 0 Å². The summed E-state index contributed by atoms with van der Waals surface area (Å²) < 4.78 is 47.0. The number of halogens is 2. The van der Waals surface area contributed by atoms with Gasteiger partial charge in [0.15, 0.2) is 22.6 Å². The van der Waals surface area contributed by atoms with Crippen LogP contribution in [0.1, 0.15) is 27.0 Å². The van der Waals surface area contributed by atoms with E-state index in [4.69, 9.17) is 4.74 Å². The highest BCUT2D eigenvalue weighted by Gasteiger charge is 2.28. The van der Waals surface area contributed by atoms with Crippen molar-refractivity contribution >= 4 is 28.5 Å². The molecule has 1 atom stereocenters. The summed E-state index contributed by atoms with van der Waals surface area (Å²) in [6.07, 6.45) is 1.82. The van der Waals surface area contributed by atoms with Crippen molar-refractivity contribution in [2.45, 2.75) is 6.42 Å². The van der Waals surface area contributed by atoms with Gasteiger partial charge >= 0.3 is 0 Å². The first-order valence-corrected chi connectivity index (χ1v) is 10.8. The van der Waals surface area contributed by atoms with E-state index in [0.717, 1.165) is 23.4 Å². The van der Waals surface area contributed by atoms with E-state index in [1.165, 1.54) is 12.1 Å². The molecule has 4 rings (SSSR count). The lowest BCUT2D eigenvalue weighted by Gasteiger charge is -2.19. The number of carbonyl (C=O) groups is 1. The molecule has 1 aliphatic rings. The monoisotopic (exact) mass is 449 g/mol. The Bertz CT molecular complexity index is 1320. The number of benzene rings is 3. The number of nitrogens with one attached hydrogen (secondary N) is 1. The van der Waals surface area contributed by atoms with Crippen LogP contribution in [0.5, 0.6) is 5.75 Å². The van der Waals surface area contributed by atoms with Crippen LogP contribution in [0, 0.1) is 23.5 Å². The molecule has 1 heterocycles. The minimum Gasteiger partial charge on any atom is -0.497 e. The van der Waals surface area contributed by atoms with Gasteiger partial charge in [0.05, 0.1) is 12.8 Å². The van der Waals surface area contributed by atoms with Crippen molar-refractivity contribution in [2.24, 2.45) is 0 Å². The van der Waals surface area contributed by atoms with Crippen molar-refractivity contribution in [3.8, 4) is 17.6 Å². The number of hydrogen-bond donors (Lipinski definition) is 1. The number of rotatable bonds is 3. The molecule has 1 unspecified atom stereocenters. The maximum Gasteiger partial charge on any atom is 0.205 e. The molecule has 32 heavy (non-hydrogen) atoms. The lowest BCUT2D eigenvalue weighted by Crippen LogP contribution is -2.22. The predicted molar refractivity (Wildman–Crippen MR) is 120 cm³/mol. The summed E-state index contributed by atoms with van der Waals surface area (Å²) in [4.78, 5) is 12.9. The average molecular weight is 449 g/mol. The van der Waals surface area contributed by atoms with E-state index in [1.54, 1.807) is 25.3 Å². The number of anilines is 1. The molecule has 7 heteroatoms. The second-order valence-electron chi connectivity index (χ2n) is 6.97. The molecule has 0 fully saturated rings. The van der Waals surface area contributed by atoms with Crippen LogP contribution in [0.25, 0.3) is 6.08 Å². The summed E-state index contributed by atoms with van der Waals surface area (Å²) >= 11 is 0. The van der Waals surface area contributed by atoms with Crippen molar-refractivity contribution < 1.29 is 22.5 Å². The topological polar surface area (TPSA) is 55.4 Å². The van der Waals surface area contributed by atoms with Crippen LogP contribution in [0.4, 0.5) is 14.5 Å². The lowest BCUT2D eigenvalue weighted by atomic mass is 10.0. The number of allylic oxidation sites excluding steroid dienone is 1. The second-order valence-corrected chi connectivity index (χ2v) is 8.15. The maximum absolute atomic E-state index is 13.5. The number of fused-ring (bicyclic) bond motifs is 1. The van der Waals surface area contributed by atoms with E-state index >= 15 is 0 Å². The van der Waals surface area contributed by atoms with E-state index < -0.39 is 28.4 Å². The summed E-state index contributed by atoms with van der Waals surface area (Å²) in [5.41, 5.74) is 2.64. The third-order valence-corrected chi connectivity index (χ3v) is 5.92. The Balaban J connectivity index is 1.58. The van der Waals surface area contributed by atoms with Gasteiger partial charge in [-0.15, -0.1) is 0 Å². The van der Waals surface area contributed by atoms with Crippen molar-refractivity contribution in [2.75, 3.05) is 11.8 Å². The van der Waals surface area contributed by atoms with Gasteiger partial charge in [-0.2, -0.15) is 0 Å². The molecule has 0 aromatic heterocycles. The number of hydrogen-bond acceptors (Lipinski definition) is 3. The third kappa shape index (κ3) is 4.61. The summed E-state index contributed by atoms with van der Waals surface area (Å²) in [5, 5.41) is 0. The van der Waals surface area contributed by atoms with Crippen molar-refractivity contribution in [1.82, 2.24) is 0 Å². The molecular formula is C25H17F2NO3S. The normalized spacial score (nSPS) is 16.0. The highest BCUT2D eigenvalue weighted by molar-refractivity contribution is 7.91. The summed E-state index contributed by atoms with van der Waals surface area (Å²) in [6, 6.07) is 15.8. The van der Waals surface area contributed by atoms with Crippen LogP contribution < -0.4 is 9.46 Å². The Morgan fingerprint density at radius 2 is 1.81 bits per heavy atom. The first kappa shape index (κ1) is 21.5. The Labute approximate surface area is 186 Å². The molecule has 1 N–H and O–H groups in total. The molecule has 0 saturated carbocycles. The van der Waals surface area contributed by atoms with Gasteiger partial charge in [0.1, 0.15) is 10.7 Å². The first-order chi connectivity index (χ1) is 15.4. The smallest absolute Gasteiger partial charge is 0.205 e. The molecule has 1 aliphatic heterocycles. The standard InChI is InChI=1S/C25H17F2NO3S/c1-31-19-9-5-16(6-10-19)3-2-4-17-8-12-23-20(13-17)25(29)24(32(30)28-23)15-18-7-11-21(26)22(27)14-18/h5-15,28H,3H2,1H3/b24-15-. The van der Waals surface area contributed by atoms with Crippen LogP contribution >= 0.6 is 0 Å². The molecule has 0 radical (unpaired) electrons. The molecule has 3 aromatic rings. The van der Waals surface area contributed by atoms with E-state index in [-0.39, 0.29) is 10.5 Å². The Morgan fingerprint density at radius 3 is 2.53 bits per heavy atom. The Kier molecular flexibility index (Phi) is 6.15. The zero-order valence-electron chi connectivity index (χ0n) is 16.9. The van der Waals surface area contributed by atoms with Crippen LogP contribution in [-0.4, -0.2) is 17.1 Å². The number of ketones is 1. The fourth-order valence-corrected chi connectivity index (χ4v) is 4.14. The van der Waals surface area contributed by atoms with Crippen LogP contribution in [0.2, 0.25) is 0 Å². The number of carbonyl (C=O) groups excluding carboxylic acids is 1. The number of methoxy groups -OCH3 is 1. The molecule has 160 valence electrons. The maximum atomic E-state index is 13.5. The minimum atomic E-state index is -1.82. The SMILES string of the molecule is COc1ccc(CC#Cc2ccc3c(c2)C(=O)/C(=C/c2ccc(F)c(F)c2)S(=O)N3)cc1. The molecule has 0 bridgehead atoms. The molecule has 4 nitrogen and oxygen atoms in total. The summed E-state index contributed by atoms with van der Waals surface area (Å²) in [6.45, 7) is 0. The average Bonchev–Trinajstić information content (AvgIpc) is 2.80. The second kappa shape index (κ2) is 9.16. The van der Waals surface area contributed by atoms with Crippen molar-refractivity contribution in [3.05, 3.63) is 99.5 Å². The largest absolute Gasteiger partial charge is 0.497 e. The lowest BCUT2D eigenvalue weighted by molar-refractivity contribution is 0.104.